The van der Waals surface area contributed by atoms with Crippen molar-refractivity contribution in [3.63, 3.8) is 0 Å². The molecule has 3 heterocycles. The summed E-state index contributed by atoms with van der Waals surface area (Å²) in [6.07, 6.45) is 4.54. The Morgan fingerprint density at radius 2 is 1.76 bits per heavy atom. The predicted molar refractivity (Wildman–Crippen MR) is 108 cm³/mol. The molecule has 0 aliphatic carbocycles. The number of nitrogens with one attached hydrogen (secondary N) is 1. The summed E-state index contributed by atoms with van der Waals surface area (Å²) >= 11 is 0. The number of carbonyl (C=O) groups excluding carboxylic acids is 1. The lowest BCUT2D eigenvalue weighted by Gasteiger charge is -2.18. The van der Waals surface area contributed by atoms with E-state index in [1.54, 1.807) is 18.2 Å². The number of aryl methyl sites for hydroxylation is 1. The van der Waals surface area contributed by atoms with Crippen LogP contribution in [0.2, 0.25) is 0 Å². The number of hydrogen-bond acceptors (Lipinski definition) is 5. The molecule has 2 aliphatic heterocycles. The molecule has 0 saturated carbocycles. The topological polar surface area (TPSA) is 78.3 Å². The van der Waals surface area contributed by atoms with E-state index in [0.717, 1.165) is 42.3 Å². The number of aromatic nitrogens is 3. The minimum absolute atomic E-state index is 0.189. The van der Waals surface area contributed by atoms with Gasteiger partial charge in [-0.25, -0.2) is 0 Å². The van der Waals surface area contributed by atoms with Crippen LogP contribution in [0.15, 0.2) is 42.5 Å². The van der Waals surface area contributed by atoms with E-state index in [1.165, 1.54) is 12.8 Å². The van der Waals surface area contributed by atoms with Crippen LogP contribution in [0.3, 0.4) is 0 Å². The standard InChI is InChI=1S/C22H22N4O3/c27-22(16-7-10-18-19(14-16)29-13-12-28-18)23-17-8-5-15(6-9-17)21-25-24-20-4-2-1-3-11-26(20)21/h5-10,14H,1-4,11-13H2,(H,23,27). The first-order valence-corrected chi connectivity index (χ1v) is 10.0. The van der Waals surface area contributed by atoms with Gasteiger partial charge in [0.25, 0.3) is 5.91 Å². The van der Waals surface area contributed by atoms with Gasteiger partial charge in [0.05, 0.1) is 0 Å². The van der Waals surface area contributed by atoms with Gasteiger partial charge in [0, 0.05) is 29.8 Å². The van der Waals surface area contributed by atoms with Crippen molar-refractivity contribution >= 4 is 11.6 Å². The second-order valence-electron chi connectivity index (χ2n) is 7.29. The molecule has 0 saturated heterocycles. The van der Waals surface area contributed by atoms with Crippen molar-refractivity contribution in [1.82, 2.24) is 14.8 Å². The molecule has 148 valence electrons. The maximum atomic E-state index is 12.6. The number of carbonyl (C=O) groups is 1. The lowest BCUT2D eigenvalue weighted by molar-refractivity contribution is 0.102. The molecule has 7 nitrogen and oxygen atoms in total. The lowest BCUT2D eigenvalue weighted by atomic mass is 10.1. The third kappa shape index (κ3) is 3.55. The number of hydrogen-bond donors (Lipinski definition) is 1. The Morgan fingerprint density at radius 1 is 0.931 bits per heavy atom. The average Bonchev–Trinajstić information content (AvgIpc) is 3.02. The first-order valence-electron chi connectivity index (χ1n) is 10.0. The van der Waals surface area contributed by atoms with Crippen LogP contribution < -0.4 is 14.8 Å². The summed E-state index contributed by atoms with van der Waals surface area (Å²) in [6, 6.07) is 13.0. The Morgan fingerprint density at radius 3 is 2.62 bits per heavy atom. The van der Waals surface area contributed by atoms with Crippen molar-refractivity contribution in [3.8, 4) is 22.9 Å². The average molecular weight is 390 g/mol. The van der Waals surface area contributed by atoms with E-state index < -0.39 is 0 Å². The number of fused-ring (bicyclic) bond motifs is 2. The second-order valence-corrected chi connectivity index (χ2v) is 7.29. The Hall–Kier alpha value is -3.35. The van der Waals surface area contributed by atoms with E-state index in [4.69, 9.17) is 9.47 Å². The van der Waals surface area contributed by atoms with Crippen molar-refractivity contribution in [2.75, 3.05) is 18.5 Å². The van der Waals surface area contributed by atoms with Crippen molar-refractivity contribution in [3.05, 3.63) is 53.9 Å². The van der Waals surface area contributed by atoms with Crippen LogP contribution in [0.1, 0.15) is 35.4 Å². The fraction of sp³-hybridized carbons (Fsp3) is 0.318. The number of anilines is 1. The summed E-state index contributed by atoms with van der Waals surface area (Å²) < 4.78 is 13.3. The highest BCUT2D eigenvalue weighted by molar-refractivity contribution is 6.04. The fourth-order valence-electron chi connectivity index (χ4n) is 3.79. The van der Waals surface area contributed by atoms with Gasteiger partial charge in [0.15, 0.2) is 17.3 Å². The van der Waals surface area contributed by atoms with E-state index >= 15 is 0 Å². The minimum atomic E-state index is -0.189. The number of amides is 1. The van der Waals surface area contributed by atoms with Crippen molar-refractivity contribution in [2.45, 2.75) is 32.2 Å². The highest BCUT2D eigenvalue weighted by atomic mass is 16.6. The highest BCUT2D eigenvalue weighted by Gasteiger charge is 2.17. The van der Waals surface area contributed by atoms with Gasteiger partial charge in [-0.2, -0.15) is 0 Å². The molecule has 0 bridgehead atoms. The quantitative estimate of drug-likeness (QED) is 0.738. The summed E-state index contributed by atoms with van der Waals surface area (Å²) in [5, 5.41) is 11.7. The van der Waals surface area contributed by atoms with Crippen LogP contribution in [0, 0.1) is 0 Å². The SMILES string of the molecule is O=C(Nc1ccc(-c2nnc3n2CCCCC3)cc1)c1ccc2c(c1)OCCO2. The van der Waals surface area contributed by atoms with Gasteiger partial charge >= 0.3 is 0 Å². The number of benzene rings is 2. The molecule has 5 rings (SSSR count). The zero-order valence-electron chi connectivity index (χ0n) is 16.1. The molecule has 2 aliphatic rings. The van der Waals surface area contributed by atoms with Crippen molar-refractivity contribution < 1.29 is 14.3 Å². The molecule has 0 atom stereocenters. The van der Waals surface area contributed by atoms with E-state index in [1.807, 2.05) is 24.3 Å². The summed E-state index contributed by atoms with van der Waals surface area (Å²) in [4.78, 5) is 12.6. The van der Waals surface area contributed by atoms with E-state index in [9.17, 15) is 4.79 Å². The van der Waals surface area contributed by atoms with Crippen LogP contribution in [0.5, 0.6) is 11.5 Å². The predicted octanol–water partition coefficient (Wildman–Crippen LogP) is 3.70. The van der Waals surface area contributed by atoms with Gasteiger partial charge in [0.2, 0.25) is 0 Å². The molecule has 0 unspecified atom stereocenters. The summed E-state index contributed by atoms with van der Waals surface area (Å²) in [5.74, 6) is 3.04. The van der Waals surface area contributed by atoms with Crippen LogP contribution in [-0.2, 0) is 13.0 Å². The van der Waals surface area contributed by atoms with Gasteiger partial charge in [0.1, 0.15) is 19.0 Å². The molecule has 2 aromatic carbocycles. The second kappa shape index (κ2) is 7.58. The van der Waals surface area contributed by atoms with Crippen LogP contribution in [0.4, 0.5) is 5.69 Å². The fourth-order valence-corrected chi connectivity index (χ4v) is 3.79. The van der Waals surface area contributed by atoms with E-state index in [-0.39, 0.29) is 5.91 Å². The van der Waals surface area contributed by atoms with Crippen molar-refractivity contribution in [1.29, 1.82) is 0 Å². The molecule has 1 aromatic heterocycles. The molecular formula is C22H22N4O3. The Balaban J connectivity index is 1.32. The van der Waals surface area contributed by atoms with Crippen LogP contribution in [0.25, 0.3) is 11.4 Å². The lowest BCUT2D eigenvalue weighted by Crippen LogP contribution is -2.17. The van der Waals surface area contributed by atoms with Gasteiger partial charge in [-0.1, -0.05) is 6.42 Å². The third-order valence-electron chi connectivity index (χ3n) is 5.31. The molecular weight excluding hydrogens is 368 g/mol. The molecule has 1 N–H and O–H groups in total. The molecule has 29 heavy (non-hydrogen) atoms. The number of ether oxygens (including phenoxy) is 2. The zero-order valence-corrected chi connectivity index (χ0v) is 16.1. The molecule has 0 spiro atoms. The largest absolute Gasteiger partial charge is 0.486 e. The monoisotopic (exact) mass is 390 g/mol. The highest BCUT2D eigenvalue weighted by Crippen LogP contribution is 2.31. The van der Waals surface area contributed by atoms with Gasteiger partial charge in [-0.15, -0.1) is 10.2 Å². The Labute approximate surface area is 168 Å². The molecule has 0 radical (unpaired) electrons. The maximum Gasteiger partial charge on any atom is 0.255 e. The normalized spacial score (nSPS) is 15.3. The first-order chi connectivity index (χ1) is 14.3. The molecule has 3 aromatic rings. The maximum absolute atomic E-state index is 12.6. The van der Waals surface area contributed by atoms with Gasteiger partial charge < -0.3 is 19.4 Å². The summed E-state index contributed by atoms with van der Waals surface area (Å²) in [5.41, 5.74) is 2.26. The molecule has 1 amide bonds. The Bertz CT molecular complexity index is 1040. The smallest absolute Gasteiger partial charge is 0.255 e. The first kappa shape index (κ1) is 17.7. The summed E-state index contributed by atoms with van der Waals surface area (Å²) in [7, 11) is 0. The summed E-state index contributed by atoms with van der Waals surface area (Å²) in [6.45, 7) is 1.98. The van der Waals surface area contributed by atoms with Gasteiger partial charge in [-0.3, -0.25) is 4.79 Å². The molecule has 0 fully saturated rings. The van der Waals surface area contributed by atoms with Crippen LogP contribution in [-0.4, -0.2) is 33.9 Å². The Kier molecular flexibility index (Phi) is 4.63. The molecule has 7 heteroatoms. The van der Waals surface area contributed by atoms with Crippen molar-refractivity contribution in [2.24, 2.45) is 0 Å². The zero-order chi connectivity index (χ0) is 19.6. The van der Waals surface area contributed by atoms with Gasteiger partial charge in [-0.05, 0) is 55.3 Å². The number of nitrogens with zero attached hydrogens (tertiary/aromatic N) is 3. The van der Waals surface area contributed by atoms with E-state index in [2.05, 4.69) is 20.1 Å². The number of rotatable bonds is 3. The minimum Gasteiger partial charge on any atom is -0.486 e. The van der Waals surface area contributed by atoms with E-state index in [0.29, 0.717) is 30.3 Å². The third-order valence-corrected chi connectivity index (χ3v) is 5.31. The van der Waals surface area contributed by atoms with Crippen LogP contribution >= 0.6 is 0 Å².